The first-order valence-corrected chi connectivity index (χ1v) is 9.48. The molecule has 2 aromatic rings. The van der Waals surface area contributed by atoms with Crippen molar-refractivity contribution < 1.29 is 18.9 Å². The first-order valence-electron chi connectivity index (χ1n) is 9.48. The first kappa shape index (κ1) is 18.3. The van der Waals surface area contributed by atoms with Crippen LogP contribution < -0.4 is 9.80 Å². The number of nitrogens with zero attached hydrogens (tertiary/aromatic N) is 2. The van der Waals surface area contributed by atoms with Gasteiger partial charge in [-0.05, 0) is 23.8 Å². The van der Waals surface area contributed by atoms with E-state index in [4.69, 9.17) is 0 Å². The summed E-state index contributed by atoms with van der Waals surface area (Å²) in [6.45, 7) is 1.28. The molecule has 0 aliphatic carbocycles. The predicted molar refractivity (Wildman–Crippen MR) is 101 cm³/mol. The van der Waals surface area contributed by atoms with Crippen LogP contribution in [0, 0.1) is 17.1 Å². The average Bonchev–Trinajstić information content (AvgIpc) is 3.02. The molecule has 2 aromatic carbocycles. The average molecular weight is 378 g/mol. The van der Waals surface area contributed by atoms with Gasteiger partial charge in [0.15, 0.2) is 6.04 Å². The first-order chi connectivity index (χ1) is 13.5. The lowest BCUT2D eigenvalue weighted by Gasteiger charge is -2.37. The third-order valence-electron chi connectivity index (χ3n) is 5.99. The van der Waals surface area contributed by atoms with E-state index in [0.717, 1.165) is 15.4 Å². The Kier molecular flexibility index (Phi) is 4.70. The highest BCUT2D eigenvalue weighted by atomic mass is 19.1. The molecule has 6 heteroatoms. The van der Waals surface area contributed by atoms with Crippen molar-refractivity contribution in [3.8, 4) is 6.07 Å². The topological polar surface area (TPSA) is 65.6 Å². The lowest BCUT2D eigenvalue weighted by molar-refractivity contribution is -0.920. The number of rotatable bonds is 3. The molecule has 0 radical (unpaired) electrons. The van der Waals surface area contributed by atoms with Crippen LogP contribution in [-0.2, 0) is 15.0 Å². The van der Waals surface area contributed by atoms with Crippen molar-refractivity contribution in [2.45, 2.75) is 30.7 Å². The van der Waals surface area contributed by atoms with E-state index in [2.05, 4.69) is 6.07 Å². The third-order valence-corrected chi connectivity index (χ3v) is 5.99. The molecule has 0 bridgehead atoms. The van der Waals surface area contributed by atoms with Crippen molar-refractivity contribution >= 4 is 17.5 Å². The Morgan fingerprint density at radius 2 is 1.79 bits per heavy atom. The summed E-state index contributed by atoms with van der Waals surface area (Å²) in [5.74, 6) is -1.06. The number of carbonyl (C=O) groups is 2. The highest BCUT2D eigenvalue weighted by molar-refractivity contribution is 6.21. The predicted octanol–water partition coefficient (Wildman–Crippen LogP) is 1.60. The minimum Gasteiger partial charge on any atom is -0.324 e. The van der Waals surface area contributed by atoms with Crippen LogP contribution in [0.25, 0.3) is 0 Å². The van der Waals surface area contributed by atoms with Crippen LogP contribution in [0.5, 0.6) is 0 Å². The molecular formula is C22H21FN3O2+. The van der Waals surface area contributed by atoms with E-state index in [9.17, 15) is 19.2 Å². The Labute approximate surface area is 163 Å². The van der Waals surface area contributed by atoms with Gasteiger partial charge in [0.2, 0.25) is 5.91 Å². The van der Waals surface area contributed by atoms with E-state index in [1.807, 2.05) is 30.3 Å². The Balaban J connectivity index is 1.50. The number of benzene rings is 2. The number of quaternary nitrogens is 1. The summed E-state index contributed by atoms with van der Waals surface area (Å²) in [6.07, 6.45) is 1.40. The quantitative estimate of drug-likeness (QED) is 0.825. The van der Waals surface area contributed by atoms with E-state index in [1.54, 1.807) is 6.07 Å². The van der Waals surface area contributed by atoms with Crippen LogP contribution in [0.4, 0.5) is 10.1 Å². The number of likely N-dealkylation sites (tertiary alicyclic amines) is 1. The van der Waals surface area contributed by atoms with Crippen LogP contribution in [0.2, 0.25) is 0 Å². The molecule has 2 aliphatic rings. The summed E-state index contributed by atoms with van der Waals surface area (Å²) < 4.78 is 13.5. The zero-order valence-electron chi connectivity index (χ0n) is 15.4. The van der Waals surface area contributed by atoms with Gasteiger partial charge in [0.1, 0.15) is 5.82 Å². The van der Waals surface area contributed by atoms with Gasteiger partial charge in [0.05, 0.1) is 36.7 Å². The van der Waals surface area contributed by atoms with E-state index in [1.165, 1.54) is 18.2 Å². The molecule has 0 saturated carbocycles. The fraction of sp³-hybridized carbons (Fsp3) is 0.318. The van der Waals surface area contributed by atoms with Gasteiger partial charge in [-0.2, -0.15) is 5.26 Å². The van der Waals surface area contributed by atoms with Crippen molar-refractivity contribution in [2.75, 3.05) is 18.0 Å². The molecular weight excluding hydrogens is 357 g/mol. The second kappa shape index (κ2) is 7.17. The Bertz CT molecular complexity index is 946. The fourth-order valence-corrected chi connectivity index (χ4v) is 4.41. The lowest BCUT2D eigenvalue weighted by Crippen LogP contribution is -3.18. The van der Waals surface area contributed by atoms with E-state index in [-0.39, 0.29) is 23.9 Å². The van der Waals surface area contributed by atoms with E-state index >= 15 is 0 Å². The molecule has 1 atom stereocenters. The number of nitrogens with one attached hydrogen (secondary N) is 1. The standard InChI is InChI=1S/C22H20FN3O2/c23-17-7-4-8-18(13-17)26-20(27)14-19(21(26)28)25-11-9-22(15-24,10-12-25)16-5-2-1-3-6-16/h1-8,13,19H,9-12,14H2/p+1/t19-/m1/s1. The molecule has 2 fully saturated rings. The number of carbonyl (C=O) groups excluding carboxylic acids is 2. The number of nitriles is 1. The Morgan fingerprint density at radius 3 is 2.43 bits per heavy atom. The number of imide groups is 1. The number of halogens is 1. The summed E-state index contributed by atoms with van der Waals surface area (Å²) in [5.41, 5.74) is 0.745. The molecule has 1 N–H and O–H groups in total. The van der Waals surface area contributed by atoms with Gasteiger partial charge >= 0.3 is 0 Å². The maximum Gasteiger partial charge on any atom is 0.292 e. The highest BCUT2D eigenvalue weighted by Crippen LogP contribution is 2.32. The smallest absolute Gasteiger partial charge is 0.292 e. The van der Waals surface area contributed by atoms with Gasteiger partial charge in [-0.15, -0.1) is 0 Å². The molecule has 0 aromatic heterocycles. The normalized spacial score (nSPS) is 27.6. The van der Waals surface area contributed by atoms with Gasteiger partial charge in [-0.25, -0.2) is 9.29 Å². The van der Waals surface area contributed by atoms with Crippen molar-refractivity contribution in [2.24, 2.45) is 0 Å². The molecule has 0 unspecified atom stereocenters. The summed E-state index contributed by atoms with van der Waals surface area (Å²) in [7, 11) is 0. The molecule has 2 aliphatic heterocycles. The maximum absolute atomic E-state index is 13.5. The summed E-state index contributed by atoms with van der Waals surface area (Å²) in [4.78, 5) is 27.5. The molecule has 5 nitrogen and oxygen atoms in total. The van der Waals surface area contributed by atoms with Gasteiger partial charge in [0.25, 0.3) is 5.91 Å². The zero-order valence-corrected chi connectivity index (χ0v) is 15.4. The van der Waals surface area contributed by atoms with Crippen molar-refractivity contribution in [3.05, 3.63) is 66.0 Å². The van der Waals surface area contributed by atoms with E-state index in [0.29, 0.717) is 25.9 Å². The molecule has 142 valence electrons. The van der Waals surface area contributed by atoms with Crippen LogP contribution in [-0.4, -0.2) is 30.9 Å². The SMILES string of the molecule is N#CC1(c2ccccc2)CC[NH+]([C@@H]2CC(=O)N(c3cccc(F)c3)C2=O)CC1. The van der Waals surface area contributed by atoms with Crippen LogP contribution in [0.15, 0.2) is 54.6 Å². The molecule has 2 heterocycles. The number of piperidine rings is 1. The number of hydrogen-bond donors (Lipinski definition) is 1. The largest absolute Gasteiger partial charge is 0.324 e. The maximum atomic E-state index is 13.5. The van der Waals surface area contributed by atoms with E-state index < -0.39 is 17.3 Å². The van der Waals surface area contributed by atoms with Gasteiger partial charge in [0, 0.05) is 12.8 Å². The van der Waals surface area contributed by atoms with Crippen LogP contribution >= 0.6 is 0 Å². The van der Waals surface area contributed by atoms with Gasteiger partial charge in [-0.1, -0.05) is 36.4 Å². The molecule has 0 spiro atoms. The number of hydrogen-bond acceptors (Lipinski definition) is 3. The van der Waals surface area contributed by atoms with Crippen LogP contribution in [0.3, 0.4) is 0 Å². The molecule has 2 saturated heterocycles. The number of anilines is 1. The second-order valence-electron chi connectivity index (χ2n) is 7.52. The lowest BCUT2D eigenvalue weighted by atomic mass is 9.74. The fourth-order valence-electron chi connectivity index (χ4n) is 4.41. The molecule has 28 heavy (non-hydrogen) atoms. The molecule has 4 rings (SSSR count). The monoisotopic (exact) mass is 378 g/mol. The number of amides is 2. The molecule has 2 amide bonds. The summed E-state index contributed by atoms with van der Waals surface area (Å²) in [6, 6.07) is 17.3. The third kappa shape index (κ3) is 3.08. The Hall–Kier alpha value is -3.04. The van der Waals surface area contributed by atoms with Gasteiger partial charge < -0.3 is 4.90 Å². The van der Waals surface area contributed by atoms with Crippen LogP contribution in [0.1, 0.15) is 24.8 Å². The van der Waals surface area contributed by atoms with Crippen molar-refractivity contribution in [1.82, 2.24) is 0 Å². The summed E-state index contributed by atoms with van der Waals surface area (Å²) >= 11 is 0. The minimum absolute atomic E-state index is 0.121. The zero-order chi connectivity index (χ0) is 19.7. The minimum atomic E-state index is -0.543. The Morgan fingerprint density at radius 1 is 1.07 bits per heavy atom. The van der Waals surface area contributed by atoms with Crippen molar-refractivity contribution in [1.29, 1.82) is 5.26 Å². The highest BCUT2D eigenvalue weighted by Gasteiger charge is 2.49. The van der Waals surface area contributed by atoms with Crippen molar-refractivity contribution in [3.63, 3.8) is 0 Å². The summed E-state index contributed by atoms with van der Waals surface area (Å²) in [5, 5.41) is 9.83. The van der Waals surface area contributed by atoms with Gasteiger partial charge in [-0.3, -0.25) is 9.59 Å². The second-order valence-corrected chi connectivity index (χ2v) is 7.52.